The van der Waals surface area contributed by atoms with Crippen molar-refractivity contribution in [3.8, 4) is 0 Å². The second-order valence-electron chi connectivity index (χ2n) is 4.75. The van der Waals surface area contributed by atoms with Gasteiger partial charge < -0.3 is 10.3 Å². The highest BCUT2D eigenvalue weighted by Crippen LogP contribution is 2.25. The molecule has 0 aliphatic heterocycles. The standard InChI is InChI=1S/C16H12Cl2N2O/c17-12-3-4-13(18)15(9-12)20-16(21)8-10-1-2-11-5-6-19-14(11)7-10/h1-7,9,19H,8H2,(H,20,21). The van der Waals surface area contributed by atoms with Crippen molar-refractivity contribution < 1.29 is 4.79 Å². The highest BCUT2D eigenvalue weighted by molar-refractivity contribution is 6.35. The van der Waals surface area contributed by atoms with Crippen molar-refractivity contribution in [3.63, 3.8) is 0 Å². The summed E-state index contributed by atoms with van der Waals surface area (Å²) in [5, 5.41) is 4.89. The summed E-state index contributed by atoms with van der Waals surface area (Å²) in [6, 6.07) is 12.9. The second kappa shape index (κ2) is 5.80. The molecule has 3 nitrogen and oxygen atoms in total. The lowest BCUT2D eigenvalue weighted by Crippen LogP contribution is -2.14. The van der Waals surface area contributed by atoms with Gasteiger partial charge in [-0.2, -0.15) is 0 Å². The van der Waals surface area contributed by atoms with Gasteiger partial charge in [0.1, 0.15) is 0 Å². The van der Waals surface area contributed by atoms with E-state index in [-0.39, 0.29) is 12.3 Å². The summed E-state index contributed by atoms with van der Waals surface area (Å²) in [4.78, 5) is 15.2. The first-order chi connectivity index (χ1) is 10.1. The number of hydrogen-bond donors (Lipinski definition) is 2. The van der Waals surface area contributed by atoms with Crippen LogP contribution in [0.3, 0.4) is 0 Å². The lowest BCUT2D eigenvalue weighted by molar-refractivity contribution is -0.115. The molecule has 2 aromatic carbocycles. The van der Waals surface area contributed by atoms with E-state index in [9.17, 15) is 4.79 Å². The summed E-state index contributed by atoms with van der Waals surface area (Å²) in [6.07, 6.45) is 2.15. The summed E-state index contributed by atoms with van der Waals surface area (Å²) < 4.78 is 0. The molecule has 0 aliphatic carbocycles. The van der Waals surface area contributed by atoms with Crippen LogP contribution in [-0.4, -0.2) is 10.9 Å². The quantitative estimate of drug-likeness (QED) is 0.725. The Morgan fingerprint density at radius 3 is 2.81 bits per heavy atom. The van der Waals surface area contributed by atoms with Gasteiger partial charge >= 0.3 is 0 Å². The molecule has 0 radical (unpaired) electrons. The Hall–Kier alpha value is -1.97. The molecule has 2 N–H and O–H groups in total. The molecule has 5 heteroatoms. The Morgan fingerprint density at radius 2 is 1.95 bits per heavy atom. The fourth-order valence-corrected chi connectivity index (χ4v) is 2.51. The van der Waals surface area contributed by atoms with Crippen LogP contribution < -0.4 is 5.32 Å². The number of halogens is 2. The van der Waals surface area contributed by atoms with E-state index in [1.165, 1.54) is 0 Å². The Labute approximate surface area is 131 Å². The smallest absolute Gasteiger partial charge is 0.228 e. The van der Waals surface area contributed by atoms with Crippen molar-refractivity contribution in [3.05, 3.63) is 64.3 Å². The van der Waals surface area contributed by atoms with Gasteiger partial charge in [-0.15, -0.1) is 0 Å². The van der Waals surface area contributed by atoms with Crippen molar-refractivity contribution >= 4 is 45.7 Å². The number of aromatic amines is 1. The van der Waals surface area contributed by atoms with E-state index in [4.69, 9.17) is 23.2 Å². The second-order valence-corrected chi connectivity index (χ2v) is 5.59. The normalized spacial score (nSPS) is 10.8. The zero-order chi connectivity index (χ0) is 14.8. The fraction of sp³-hybridized carbons (Fsp3) is 0.0625. The third-order valence-corrected chi connectivity index (χ3v) is 3.75. The van der Waals surface area contributed by atoms with Crippen molar-refractivity contribution in [2.75, 3.05) is 5.32 Å². The third kappa shape index (κ3) is 3.20. The van der Waals surface area contributed by atoms with E-state index in [1.807, 2.05) is 30.5 Å². The highest BCUT2D eigenvalue weighted by Gasteiger charge is 2.08. The van der Waals surface area contributed by atoms with E-state index in [1.54, 1.807) is 18.2 Å². The Balaban J connectivity index is 1.75. The summed E-state index contributed by atoms with van der Waals surface area (Å²) in [5.74, 6) is -0.134. The van der Waals surface area contributed by atoms with Crippen LogP contribution in [0.1, 0.15) is 5.56 Å². The predicted molar refractivity (Wildman–Crippen MR) is 87.1 cm³/mol. The average molecular weight is 319 g/mol. The number of H-pyrrole nitrogens is 1. The monoisotopic (exact) mass is 318 g/mol. The number of aromatic nitrogens is 1. The van der Waals surface area contributed by atoms with E-state index < -0.39 is 0 Å². The topological polar surface area (TPSA) is 44.9 Å². The van der Waals surface area contributed by atoms with Crippen LogP contribution in [0.2, 0.25) is 10.0 Å². The lowest BCUT2D eigenvalue weighted by atomic mass is 10.1. The molecule has 3 rings (SSSR count). The summed E-state index contributed by atoms with van der Waals surface area (Å²) in [7, 11) is 0. The first kappa shape index (κ1) is 14.0. The van der Waals surface area contributed by atoms with Crippen LogP contribution in [0.15, 0.2) is 48.7 Å². The molecule has 21 heavy (non-hydrogen) atoms. The number of anilines is 1. The third-order valence-electron chi connectivity index (χ3n) is 3.19. The van der Waals surface area contributed by atoms with Crippen LogP contribution in [0.5, 0.6) is 0 Å². The summed E-state index contributed by atoms with van der Waals surface area (Å²) in [5.41, 5.74) is 2.47. The molecule has 3 aromatic rings. The molecule has 1 aromatic heterocycles. The molecule has 0 saturated carbocycles. The van der Waals surface area contributed by atoms with Crippen molar-refractivity contribution in [2.24, 2.45) is 0 Å². The Bertz CT molecular complexity index is 811. The number of nitrogens with one attached hydrogen (secondary N) is 2. The number of carbonyl (C=O) groups is 1. The lowest BCUT2D eigenvalue weighted by Gasteiger charge is -2.08. The van der Waals surface area contributed by atoms with Crippen LogP contribution in [-0.2, 0) is 11.2 Å². The maximum atomic E-state index is 12.1. The van der Waals surface area contributed by atoms with Gasteiger partial charge in [0.25, 0.3) is 0 Å². The minimum absolute atomic E-state index is 0.134. The zero-order valence-electron chi connectivity index (χ0n) is 11.0. The molecular weight excluding hydrogens is 307 g/mol. The number of benzene rings is 2. The van der Waals surface area contributed by atoms with E-state index >= 15 is 0 Å². The fourth-order valence-electron chi connectivity index (χ4n) is 2.18. The maximum absolute atomic E-state index is 12.1. The van der Waals surface area contributed by atoms with Crippen LogP contribution in [0, 0.1) is 0 Å². The molecule has 0 aliphatic rings. The molecule has 1 heterocycles. The van der Waals surface area contributed by atoms with Crippen molar-refractivity contribution in [1.82, 2.24) is 4.98 Å². The molecule has 0 spiro atoms. The first-order valence-electron chi connectivity index (χ1n) is 6.43. The molecule has 0 fully saturated rings. The SMILES string of the molecule is O=C(Cc1ccc2cc[nH]c2c1)Nc1cc(Cl)ccc1Cl. The Kier molecular flexibility index (Phi) is 3.86. The predicted octanol–water partition coefficient (Wildman–Crippen LogP) is 4.66. The minimum atomic E-state index is -0.134. The van der Waals surface area contributed by atoms with Gasteiger partial charge in [-0.1, -0.05) is 35.3 Å². The van der Waals surface area contributed by atoms with Gasteiger partial charge in [0.2, 0.25) is 5.91 Å². The van der Waals surface area contributed by atoms with Gasteiger partial charge in [-0.05, 0) is 41.3 Å². The van der Waals surface area contributed by atoms with Gasteiger partial charge in [0.15, 0.2) is 0 Å². The van der Waals surface area contributed by atoms with E-state index in [0.29, 0.717) is 15.7 Å². The summed E-state index contributed by atoms with van der Waals surface area (Å²) >= 11 is 11.9. The number of amides is 1. The van der Waals surface area contributed by atoms with Crippen molar-refractivity contribution in [2.45, 2.75) is 6.42 Å². The number of hydrogen-bond acceptors (Lipinski definition) is 1. The molecule has 0 atom stereocenters. The number of carbonyl (C=O) groups excluding carboxylic acids is 1. The first-order valence-corrected chi connectivity index (χ1v) is 7.18. The number of rotatable bonds is 3. The molecule has 0 unspecified atom stereocenters. The van der Waals surface area contributed by atoms with Crippen LogP contribution in [0.25, 0.3) is 10.9 Å². The molecule has 106 valence electrons. The molecule has 0 bridgehead atoms. The maximum Gasteiger partial charge on any atom is 0.228 e. The van der Waals surface area contributed by atoms with E-state index in [0.717, 1.165) is 16.5 Å². The van der Waals surface area contributed by atoms with Crippen molar-refractivity contribution in [1.29, 1.82) is 0 Å². The van der Waals surface area contributed by atoms with Gasteiger partial charge in [-0.25, -0.2) is 0 Å². The van der Waals surface area contributed by atoms with Crippen LogP contribution >= 0.6 is 23.2 Å². The van der Waals surface area contributed by atoms with E-state index in [2.05, 4.69) is 10.3 Å². The van der Waals surface area contributed by atoms with Gasteiger partial charge in [0, 0.05) is 16.7 Å². The minimum Gasteiger partial charge on any atom is -0.361 e. The van der Waals surface area contributed by atoms with Gasteiger partial charge in [0.05, 0.1) is 17.1 Å². The zero-order valence-corrected chi connectivity index (χ0v) is 12.5. The average Bonchev–Trinajstić information content (AvgIpc) is 2.90. The largest absolute Gasteiger partial charge is 0.361 e. The molecule has 0 saturated heterocycles. The molecular formula is C16H12Cl2N2O. The van der Waals surface area contributed by atoms with Gasteiger partial charge in [-0.3, -0.25) is 4.79 Å². The number of fused-ring (bicyclic) bond motifs is 1. The molecule has 1 amide bonds. The summed E-state index contributed by atoms with van der Waals surface area (Å²) in [6.45, 7) is 0. The van der Waals surface area contributed by atoms with Crippen LogP contribution in [0.4, 0.5) is 5.69 Å². The highest BCUT2D eigenvalue weighted by atomic mass is 35.5. The Morgan fingerprint density at radius 1 is 1.10 bits per heavy atom.